The van der Waals surface area contributed by atoms with Crippen molar-refractivity contribution in [3.8, 4) is 0 Å². The van der Waals surface area contributed by atoms with E-state index in [9.17, 15) is 4.79 Å². The Morgan fingerprint density at radius 3 is 2.82 bits per heavy atom. The molecule has 1 aromatic rings. The van der Waals surface area contributed by atoms with Crippen LogP contribution in [0.4, 0.5) is 0 Å². The van der Waals surface area contributed by atoms with Crippen LogP contribution >= 0.6 is 0 Å². The standard InChI is InChI=1S/C7H10N2O2/c1-5-6(7(11)4-10)3-9(2)8-5/h3-4,7,11H,1-2H3. The summed E-state index contributed by atoms with van der Waals surface area (Å²) < 4.78 is 1.57. The fourth-order valence-corrected chi connectivity index (χ4v) is 0.982. The summed E-state index contributed by atoms with van der Waals surface area (Å²) in [5, 5.41) is 13.1. The fourth-order valence-electron chi connectivity index (χ4n) is 0.982. The second kappa shape index (κ2) is 2.84. The van der Waals surface area contributed by atoms with E-state index in [1.54, 1.807) is 24.9 Å². The van der Waals surface area contributed by atoms with Crippen LogP contribution in [-0.4, -0.2) is 21.2 Å². The fraction of sp³-hybridized carbons (Fsp3) is 0.429. The molecule has 0 aliphatic heterocycles. The van der Waals surface area contributed by atoms with Crippen molar-refractivity contribution in [2.75, 3.05) is 0 Å². The molecule has 0 aliphatic carbocycles. The Kier molecular flexibility index (Phi) is 2.05. The first-order chi connectivity index (χ1) is 5.15. The van der Waals surface area contributed by atoms with Crippen molar-refractivity contribution in [2.24, 2.45) is 7.05 Å². The van der Waals surface area contributed by atoms with Crippen LogP contribution in [-0.2, 0) is 11.8 Å². The number of hydrogen-bond donors (Lipinski definition) is 1. The van der Waals surface area contributed by atoms with Crippen LogP contribution in [0.2, 0.25) is 0 Å². The summed E-state index contributed by atoms with van der Waals surface area (Å²) in [6.07, 6.45) is 1.09. The zero-order valence-corrected chi connectivity index (χ0v) is 6.48. The molecule has 1 heterocycles. The van der Waals surface area contributed by atoms with Gasteiger partial charge in [0.05, 0.1) is 5.69 Å². The lowest BCUT2D eigenvalue weighted by Crippen LogP contribution is -1.98. The highest BCUT2D eigenvalue weighted by Crippen LogP contribution is 2.12. The first kappa shape index (κ1) is 7.94. The molecule has 4 heteroatoms. The summed E-state index contributed by atoms with van der Waals surface area (Å²) >= 11 is 0. The van der Waals surface area contributed by atoms with Crippen molar-refractivity contribution in [1.82, 2.24) is 9.78 Å². The van der Waals surface area contributed by atoms with Gasteiger partial charge in [-0.3, -0.25) is 4.68 Å². The van der Waals surface area contributed by atoms with Crippen molar-refractivity contribution in [3.63, 3.8) is 0 Å². The van der Waals surface area contributed by atoms with Gasteiger partial charge in [0.1, 0.15) is 6.10 Å². The van der Waals surface area contributed by atoms with Crippen LogP contribution in [0.5, 0.6) is 0 Å². The molecule has 0 saturated carbocycles. The molecule has 0 spiro atoms. The van der Waals surface area contributed by atoms with Crippen molar-refractivity contribution in [3.05, 3.63) is 17.5 Å². The lowest BCUT2D eigenvalue weighted by molar-refractivity contribution is -0.115. The minimum Gasteiger partial charge on any atom is -0.381 e. The molecule has 1 unspecified atom stereocenters. The highest BCUT2D eigenvalue weighted by molar-refractivity contribution is 5.59. The van der Waals surface area contributed by atoms with E-state index >= 15 is 0 Å². The SMILES string of the molecule is Cc1nn(C)cc1C(O)C=O. The van der Waals surface area contributed by atoms with Gasteiger partial charge in [-0.1, -0.05) is 0 Å². The van der Waals surface area contributed by atoms with E-state index in [4.69, 9.17) is 5.11 Å². The lowest BCUT2D eigenvalue weighted by Gasteiger charge is -1.97. The van der Waals surface area contributed by atoms with Crippen molar-refractivity contribution in [2.45, 2.75) is 13.0 Å². The number of carbonyl (C=O) groups excluding carboxylic acids is 1. The number of aliphatic hydroxyl groups excluding tert-OH is 1. The molecule has 1 atom stereocenters. The summed E-state index contributed by atoms with van der Waals surface area (Å²) in [6, 6.07) is 0. The average molecular weight is 154 g/mol. The van der Waals surface area contributed by atoms with Crippen molar-refractivity contribution in [1.29, 1.82) is 0 Å². The van der Waals surface area contributed by atoms with Gasteiger partial charge in [-0.25, -0.2) is 0 Å². The van der Waals surface area contributed by atoms with E-state index < -0.39 is 6.10 Å². The Balaban J connectivity index is 3.02. The van der Waals surface area contributed by atoms with Crippen molar-refractivity contribution < 1.29 is 9.90 Å². The third kappa shape index (κ3) is 1.46. The maximum Gasteiger partial charge on any atom is 0.153 e. The Morgan fingerprint density at radius 2 is 2.45 bits per heavy atom. The number of carbonyl (C=O) groups is 1. The number of hydrogen-bond acceptors (Lipinski definition) is 3. The van der Waals surface area contributed by atoms with Crippen LogP contribution in [0.1, 0.15) is 17.4 Å². The average Bonchev–Trinajstić information content (AvgIpc) is 2.28. The molecule has 0 bridgehead atoms. The van der Waals surface area contributed by atoms with Gasteiger partial charge in [-0.2, -0.15) is 5.10 Å². The van der Waals surface area contributed by atoms with Gasteiger partial charge < -0.3 is 9.90 Å². The molecule has 1 rings (SSSR count). The minimum atomic E-state index is -1.04. The van der Waals surface area contributed by atoms with Gasteiger partial charge in [-0.05, 0) is 6.92 Å². The molecule has 0 saturated heterocycles. The smallest absolute Gasteiger partial charge is 0.153 e. The normalized spacial score (nSPS) is 13.0. The molecule has 0 radical (unpaired) electrons. The summed E-state index contributed by atoms with van der Waals surface area (Å²) in [5.41, 5.74) is 1.26. The second-order valence-electron chi connectivity index (χ2n) is 2.42. The molecule has 60 valence electrons. The summed E-state index contributed by atoms with van der Waals surface area (Å²) in [5.74, 6) is 0. The quantitative estimate of drug-likeness (QED) is 0.608. The lowest BCUT2D eigenvalue weighted by atomic mass is 10.2. The van der Waals surface area contributed by atoms with E-state index in [1.807, 2.05) is 0 Å². The maximum absolute atomic E-state index is 10.2. The van der Waals surface area contributed by atoms with Gasteiger partial charge >= 0.3 is 0 Å². The topological polar surface area (TPSA) is 55.1 Å². The number of aromatic nitrogens is 2. The molecule has 0 aliphatic rings. The monoisotopic (exact) mass is 154 g/mol. The number of nitrogens with zero attached hydrogens (tertiary/aromatic N) is 2. The third-order valence-corrected chi connectivity index (χ3v) is 1.50. The summed E-state index contributed by atoms with van der Waals surface area (Å²) in [4.78, 5) is 10.2. The van der Waals surface area contributed by atoms with E-state index in [0.29, 0.717) is 17.5 Å². The second-order valence-corrected chi connectivity index (χ2v) is 2.42. The third-order valence-electron chi connectivity index (χ3n) is 1.50. The van der Waals surface area contributed by atoms with E-state index in [-0.39, 0.29) is 0 Å². The number of aryl methyl sites for hydroxylation is 2. The Morgan fingerprint density at radius 1 is 1.82 bits per heavy atom. The summed E-state index contributed by atoms with van der Waals surface area (Å²) in [7, 11) is 1.74. The predicted octanol–water partition coefficient (Wildman–Crippen LogP) is -0.0392. The highest BCUT2D eigenvalue weighted by Gasteiger charge is 2.11. The molecule has 11 heavy (non-hydrogen) atoms. The highest BCUT2D eigenvalue weighted by atomic mass is 16.3. The molecule has 4 nitrogen and oxygen atoms in total. The van der Waals surface area contributed by atoms with E-state index in [0.717, 1.165) is 0 Å². The first-order valence-electron chi connectivity index (χ1n) is 3.28. The number of rotatable bonds is 2. The number of aldehydes is 1. The van der Waals surface area contributed by atoms with Gasteiger partial charge in [-0.15, -0.1) is 0 Å². The van der Waals surface area contributed by atoms with Crippen LogP contribution in [0, 0.1) is 6.92 Å². The number of aliphatic hydroxyl groups is 1. The van der Waals surface area contributed by atoms with Gasteiger partial charge in [0.2, 0.25) is 0 Å². The van der Waals surface area contributed by atoms with Gasteiger partial charge in [0, 0.05) is 18.8 Å². The van der Waals surface area contributed by atoms with Crippen LogP contribution in [0.25, 0.3) is 0 Å². The molecule has 0 amide bonds. The zero-order valence-electron chi connectivity index (χ0n) is 6.48. The van der Waals surface area contributed by atoms with Crippen LogP contribution < -0.4 is 0 Å². The zero-order chi connectivity index (χ0) is 8.43. The molecule has 1 aromatic heterocycles. The van der Waals surface area contributed by atoms with E-state index in [2.05, 4.69) is 5.10 Å². The largest absolute Gasteiger partial charge is 0.381 e. The Bertz CT molecular complexity index is 267. The van der Waals surface area contributed by atoms with E-state index in [1.165, 1.54) is 0 Å². The van der Waals surface area contributed by atoms with Crippen LogP contribution in [0.3, 0.4) is 0 Å². The van der Waals surface area contributed by atoms with Crippen molar-refractivity contribution >= 4 is 6.29 Å². The molecule has 0 aromatic carbocycles. The molecule has 1 N–H and O–H groups in total. The van der Waals surface area contributed by atoms with Gasteiger partial charge in [0.25, 0.3) is 0 Å². The molecular weight excluding hydrogens is 144 g/mol. The Labute approximate surface area is 64.5 Å². The van der Waals surface area contributed by atoms with Crippen LogP contribution in [0.15, 0.2) is 6.20 Å². The summed E-state index contributed by atoms with van der Waals surface area (Å²) in [6.45, 7) is 1.75. The van der Waals surface area contributed by atoms with Gasteiger partial charge in [0.15, 0.2) is 6.29 Å². The predicted molar refractivity (Wildman–Crippen MR) is 39.0 cm³/mol. The minimum absolute atomic E-state index is 0.490. The Hall–Kier alpha value is -1.16. The first-order valence-corrected chi connectivity index (χ1v) is 3.28. The molecular formula is C7H10N2O2. The maximum atomic E-state index is 10.2. The molecule has 0 fully saturated rings.